The van der Waals surface area contributed by atoms with Crippen LogP contribution in [0.4, 0.5) is 0 Å². The highest BCUT2D eigenvalue weighted by Crippen LogP contribution is 2.23. The summed E-state index contributed by atoms with van der Waals surface area (Å²) in [6.07, 6.45) is 1.37. The van der Waals surface area contributed by atoms with Crippen molar-refractivity contribution >= 4 is 33.5 Å². The van der Waals surface area contributed by atoms with Crippen LogP contribution in [0.2, 0.25) is 0 Å². The topological polar surface area (TPSA) is 63.6 Å². The second kappa shape index (κ2) is 8.69. The van der Waals surface area contributed by atoms with E-state index in [-0.39, 0.29) is 12.4 Å². The minimum Gasteiger partial charge on any atom is -0.481 e. The van der Waals surface area contributed by atoms with Crippen molar-refractivity contribution in [3.8, 4) is 0 Å². The SMILES string of the molecule is CC(C)(C)OC(=O)CCCSSCCC(=O)O. The average Bonchev–Trinajstić information content (AvgIpc) is 2.12. The zero-order chi connectivity index (χ0) is 13.3. The van der Waals surface area contributed by atoms with Crippen LogP contribution in [0.3, 0.4) is 0 Å². The summed E-state index contributed by atoms with van der Waals surface area (Å²) in [5.74, 6) is 0.496. The Labute approximate surface area is 110 Å². The number of esters is 1. The normalized spacial score (nSPS) is 11.2. The van der Waals surface area contributed by atoms with Crippen molar-refractivity contribution in [1.82, 2.24) is 0 Å². The highest BCUT2D eigenvalue weighted by atomic mass is 33.1. The molecule has 17 heavy (non-hydrogen) atoms. The lowest BCUT2D eigenvalue weighted by atomic mass is 10.2. The van der Waals surface area contributed by atoms with Gasteiger partial charge in [-0.25, -0.2) is 0 Å². The van der Waals surface area contributed by atoms with Gasteiger partial charge in [0.2, 0.25) is 0 Å². The lowest BCUT2D eigenvalue weighted by Gasteiger charge is -2.19. The molecule has 0 aliphatic rings. The van der Waals surface area contributed by atoms with E-state index in [2.05, 4.69) is 0 Å². The molecule has 0 unspecified atom stereocenters. The first-order chi connectivity index (χ1) is 7.81. The van der Waals surface area contributed by atoms with Crippen LogP contribution in [0.25, 0.3) is 0 Å². The van der Waals surface area contributed by atoms with Crippen LogP contribution in [0.1, 0.15) is 40.0 Å². The summed E-state index contributed by atoms with van der Waals surface area (Å²) in [5, 5.41) is 8.41. The smallest absolute Gasteiger partial charge is 0.306 e. The fourth-order valence-electron chi connectivity index (χ4n) is 0.915. The number of carboxylic acid groups (broad SMARTS) is 1. The summed E-state index contributed by atoms with van der Waals surface area (Å²) < 4.78 is 5.16. The molecular formula is C11H20O4S2. The quantitative estimate of drug-likeness (QED) is 0.419. The molecule has 0 saturated heterocycles. The summed E-state index contributed by atoms with van der Waals surface area (Å²) in [4.78, 5) is 21.5. The van der Waals surface area contributed by atoms with E-state index in [1.807, 2.05) is 20.8 Å². The fraction of sp³-hybridized carbons (Fsp3) is 0.818. The van der Waals surface area contributed by atoms with Gasteiger partial charge in [0, 0.05) is 17.9 Å². The summed E-state index contributed by atoms with van der Waals surface area (Å²) in [6.45, 7) is 5.55. The zero-order valence-corrected chi connectivity index (χ0v) is 12.2. The monoisotopic (exact) mass is 280 g/mol. The Morgan fingerprint density at radius 2 is 1.71 bits per heavy atom. The van der Waals surface area contributed by atoms with E-state index in [0.29, 0.717) is 12.2 Å². The van der Waals surface area contributed by atoms with Crippen molar-refractivity contribution in [3.05, 3.63) is 0 Å². The molecule has 0 spiro atoms. The highest BCUT2D eigenvalue weighted by Gasteiger charge is 2.15. The maximum Gasteiger partial charge on any atom is 0.306 e. The first kappa shape index (κ1) is 16.6. The van der Waals surface area contributed by atoms with Gasteiger partial charge in [0.15, 0.2) is 0 Å². The van der Waals surface area contributed by atoms with E-state index in [1.54, 1.807) is 10.8 Å². The van der Waals surface area contributed by atoms with Gasteiger partial charge in [0.1, 0.15) is 5.60 Å². The van der Waals surface area contributed by atoms with Crippen LogP contribution in [-0.4, -0.2) is 34.2 Å². The zero-order valence-electron chi connectivity index (χ0n) is 10.5. The molecule has 0 aromatic carbocycles. The van der Waals surface area contributed by atoms with Crippen molar-refractivity contribution < 1.29 is 19.4 Å². The standard InChI is InChI=1S/C11H20O4S2/c1-11(2,3)15-10(14)5-4-7-16-17-8-6-9(12)13/h4-8H2,1-3H3,(H,12,13). The van der Waals surface area contributed by atoms with Gasteiger partial charge in [0.25, 0.3) is 0 Å². The number of ether oxygens (including phenoxy) is 1. The van der Waals surface area contributed by atoms with Crippen LogP contribution in [0, 0.1) is 0 Å². The summed E-state index contributed by atoms with van der Waals surface area (Å²) in [6, 6.07) is 0. The molecular weight excluding hydrogens is 260 g/mol. The Morgan fingerprint density at radius 1 is 1.12 bits per heavy atom. The largest absolute Gasteiger partial charge is 0.481 e. The lowest BCUT2D eigenvalue weighted by Crippen LogP contribution is -2.23. The molecule has 0 heterocycles. The molecule has 100 valence electrons. The molecule has 1 N–H and O–H groups in total. The van der Waals surface area contributed by atoms with E-state index in [9.17, 15) is 9.59 Å². The van der Waals surface area contributed by atoms with E-state index in [0.717, 1.165) is 12.2 Å². The Kier molecular flexibility index (Phi) is 8.51. The number of carbonyl (C=O) groups is 2. The van der Waals surface area contributed by atoms with Crippen molar-refractivity contribution in [2.24, 2.45) is 0 Å². The number of aliphatic carboxylic acids is 1. The molecule has 0 aromatic heterocycles. The predicted octanol–water partition coefficient (Wildman–Crippen LogP) is 2.96. The molecule has 0 amide bonds. The number of hydrogen-bond donors (Lipinski definition) is 1. The average molecular weight is 280 g/mol. The van der Waals surface area contributed by atoms with Gasteiger partial charge in [-0.1, -0.05) is 21.6 Å². The first-order valence-electron chi connectivity index (χ1n) is 5.49. The highest BCUT2D eigenvalue weighted by molar-refractivity contribution is 8.76. The number of hydrogen-bond acceptors (Lipinski definition) is 5. The molecule has 0 saturated carbocycles. The van der Waals surface area contributed by atoms with Gasteiger partial charge in [-0.15, -0.1) is 0 Å². The summed E-state index contributed by atoms with van der Waals surface area (Å²) in [5.41, 5.74) is -0.416. The maximum absolute atomic E-state index is 11.3. The Morgan fingerprint density at radius 3 is 2.24 bits per heavy atom. The molecule has 0 rings (SSSR count). The number of carboxylic acids is 1. The Hall–Kier alpha value is -0.360. The van der Waals surface area contributed by atoms with Crippen LogP contribution in [-0.2, 0) is 14.3 Å². The molecule has 4 nitrogen and oxygen atoms in total. The minimum absolute atomic E-state index is 0.173. The van der Waals surface area contributed by atoms with E-state index < -0.39 is 11.6 Å². The van der Waals surface area contributed by atoms with E-state index in [1.165, 1.54) is 10.8 Å². The third kappa shape index (κ3) is 13.6. The van der Waals surface area contributed by atoms with Gasteiger partial charge in [-0.3, -0.25) is 9.59 Å². The second-order valence-electron chi connectivity index (χ2n) is 4.48. The maximum atomic E-state index is 11.3. The molecule has 0 atom stereocenters. The molecule has 0 fully saturated rings. The molecule has 0 aliphatic carbocycles. The van der Waals surface area contributed by atoms with Crippen LogP contribution in [0.15, 0.2) is 0 Å². The molecule has 6 heteroatoms. The fourth-order valence-corrected chi connectivity index (χ4v) is 2.98. The van der Waals surface area contributed by atoms with Gasteiger partial charge in [-0.2, -0.15) is 0 Å². The van der Waals surface area contributed by atoms with Gasteiger partial charge in [0.05, 0.1) is 6.42 Å². The second-order valence-corrected chi connectivity index (χ2v) is 7.18. The lowest BCUT2D eigenvalue weighted by molar-refractivity contribution is -0.154. The van der Waals surface area contributed by atoms with Gasteiger partial charge >= 0.3 is 11.9 Å². The van der Waals surface area contributed by atoms with Crippen LogP contribution in [0.5, 0.6) is 0 Å². The third-order valence-corrected chi connectivity index (χ3v) is 4.00. The van der Waals surface area contributed by atoms with Crippen molar-refractivity contribution in [3.63, 3.8) is 0 Å². The van der Waals surface area contributed by atoms with Crippen molar-refractivity contribution in [2.45, 2.75) is 45.6 Å². The molecule has 0 bridgehead atoms. The predicted molar refractivity (Wildman–Crippen MR) is 72.2 cm³/mol. The van der Waals surface area contributed by atoms with Gasteiger partial charge in [-0.05, 0) is 27.2 Å². The summed E-state index contributed by atoms with van der Waals surface area (Å²) in [7, 11) is 3.13. The first-order valence-corrected chi connectivity index (χ1v) is 7.98. The van der Waals surface area contributed by atoms with Gasteiger partial charge < -0.3 is 9.84 Å². The third-order valence-electron chi connectivity index (χ3n) is 1.51. The van der Waals surface area contributed by atoms with Crippen molar-refractivity contribution in [1.29, 1.82) is 0 Å². The van der Waals surface area contributed by atoms with E-state index in [4.69, 9.17) is 9.84 Å². The molecule has 0 aliphatic heterocycles. The van der Waals surface area contributed by atoms with E-state index >= 15 is 0 Å². The summed E-state index contributed by atoms with van der Waals surface area (Å²) >= 11 is 0. The van der Waals surface area contributed by atoms with Crippen LogP contribution < -0.4 is 0 Å². The van der Waals surface area contributed by atoms with Crippen molar-refractivity contribution in [2.75, 3.05) is 11.5 Å². The molecule has 0 aromatic rings. The number of rotatable bonds is 8. The van der Waals surface area contributed by atoms with Crippen LogP contribution >= 0.6 is 21.6 Å². The Bertz CT molecular complexity index is 248. The molecule has 0 radical (unpaired) electrons. The minimum atomic E-state index is -0.771. The Balaban J connectivity index is 3.34. The number of carbonyl (C=O) groups excluding carboxylic acids is 1.